The van der Waals surface area contributed by atoms with Crippen LogP contribution in [0.2, 0.25) is 0 Å². The Balaban J connectivity index is 2.11. The van der Waals surface area contributed by atoms with Gasteiger partial charge in [0.05, 0.1) is 25.2 Å². The second-order valence-electron chi connectivity index (χ2n) is 5.20. The highest BCUT2D eigenvalue weighted by molar-refractivity contribution is 5.85. The van der Waals surface area contributed by atoms with Crippen molar-refractivity contribution < 1.29 is 9.84 Å². The topological polar surface area (TPSA) is 71.3 Å². The molecule has 1 unspecified atom stereocenters. The summed E-state index contributed by atoms with van der Waals surface area (Å²) in [6, 6.07) is 7.92. The second-order valence-corrected chi connectivity index (χ2v) is 5.20. The predicted molar refractivity (Wildman–Crippen MR) is 70.3 cm³/mol. The number of hydrogen-bond acceptors (Lipinski definition) is 3. The zero-order valence-corrected chi connectivity index (χ0v) is 10.4. The Morgan fingerprint density at radius 3 is 2.78 bits per heavy atom. The van der Waals surface area contributed by atoms with Gasteiger partial charge in [-0.05, 0) is 18.6 Å². The molecule has 0 saturated carbocycles. The summed E-state index contributed by atoms with van der Waals surface area (Å²) in [6.45, 7) is 3.15. The van der Waals surface area contributed by atoms with Crippen LogP contribution < -0.4 is 5.73 Å². The minimum atomic E-state index is -0.324. The van der Waals surface area contributed by atoms with Crippen LogP contribution in [0.4, 0.5) is 0 Å². The smallest absolute Gasteiger partial charge is 0.0595 e. The number of nitrogens with two attached hydrogens (primary N) is 1. The fraction of sp³-hybridized carbons (Fsp3) is 0.429. The van der Waals surface area contributed by atoms with Crippen molar-refractivity contribution in [2.75, 3.05) is 19.8 Å². The summed E-state index contributed by atoms with van der Waals surface area (Å²) in [4.78, 5) is 3.35. The number of aliphatic hydroxyl groups is 1. The molecule has 0 amide bonds. The molecule has 0 radical (unpaired) electrons. The molecule has 0 bridgehead atoms. The van der Waals surface area contributed by atoms with Gasteiger partial charge in [-0.1, -0.05) is 18.2 Å². The molecule has 1 aromatic heterocycles. The number of aromatic nitrogens is 1. The van der Waals surface area contributed by atoms with Crippen molar-refractivity contribution in [1.82, 2.24) is 4.98 Å². The Morgan fingerprint density at radius 1 is 1.44 bits per heavy atom. The van der Waals surface area contributed by atoms with Crippen molar-refractivity contribution in [2.45, 2.75) is 13.0 Å². The normalized spacial score (nSPS) is 19.7. The van der Waals surface area contributed by atoms with Gasteiger partial charge in [0.2, 0.25) is 0 Å². The van der Waals surface area contributed by atoms with Gasteiger partial charge in [0.15, 0.2) is 0 Å². The lowest BCUT2D eigenvalue weighted by molar-refractivity contribution is -0.150. The van der Waals surface area contributed by atoms with Crippen LogP contribution >= 0.6 is 0 Å². The summed E-state index contributed by atoms with van der Waals surface area (Å²) < 4.78 is 5.25. The van der Waals surface area contributed by atoms with Crippen molar-refractivity contribution in [2.24, 2.45) is 11.1 Å². The highest BCUT2D eigenvalue weighted by atomic mass is 16.5. The number of nitrogens with one attached hydrogen (secondary N) is 1. The number of para-hydroxylation sites is 1. The molecule has 0 aliphatic carbocycles. The summed E-state index contributed by atoms with van der Waals surface area (Å²) in [7, 11) is 0. The largest absolute Gasteiger partial charge is 0.396 e. The average Bonchev–Trinajstić information content (AvgIpc) is 2.63. The SMILES string of the molecule is Cc1[nH]c2ccccc2c1C(N)C1(CO)COC1. The molecule has 2 aromatic rings. The molecule has 1 fully saturated rings. The number of rotatable bonds is 3. The maximum absolute atomic E-state index is 9.60. The molecule has 4 heteroatoms. The van der Waals surface area contributed by atoms with Crippen molar-refractivity contribution >= 4 is 10.9 Å². The lowest BCUT2D eigenvalue weighted by atomic mass is 9.75. The van der Waals surface area contributed by atoms with Gasteiger partial charge in [0.1, 0.15) is 0 Å². The number of aromatic amines is 1. The molecule has 0 spiro atoms. The minimum Gasteiger partial charge on any atom is -0.396 e. The van der Waals surface area contributed by atoms with Gasteiger partial charge in [0, 0.05) is 22.6 Å². The first-order valence-electron chi connectivity index (χ1n) is 6.19. The Labute approximate surface area is 106 Å². The van der Waals surface area contributed by atoms with E-state index in [1.807, 2.05) is 25.1 Å². The van der Waals surface area contributed by atoms with E-state index in [2.05, 4.69) is 11.1 Å². The van der Waals surface area contributed by atoms with E-state index >= 15 is 0 Å². The molecular formula is C14H18N2O2. The summed E-state index contributed by atoms with van der Waals surface area (Å²) in [5, 5.41) is 10.7. The zero-order chi connectivity index (χ0) is 12.8. The third kappa shape index (κ3) is 1.50. The van der Waals surface area contributed by atoms with E-state index < -0.39 is 0 Å². The molecule has 18 heavy (non-hydrogen) atoms. The van der Waals surface area contributed by atoms with Gasteiger partial charge >= 0.3 is 0 Å². The molecule has 1 saturated heterocycles. The number of hydrogen-bond donors (Lipinski definition) is 3. The van der Waals surface area contributed by atoms with E-state index in [9.17, 15) is 5.11 Å². The van der Waals surface area contributed by atoms with Gasteiger partial charge < -0.3 is 20.6 Å². The van der Waals surface area contributed by atoms with Gasteiger partial charge in [-0.25, -0.2) is 0 Å². The van der Waals surface area contributed by atoms with Crippen LogP contribution in [-0.2, 0) is 4.74 Å². The molecule has 96 valence electrons. The number of fused-ring (bicyclic) bond motifs is 1. The van der Waals surface area contributed by atoms with E-state index in [4.69, 9.17) is 10.5 Å². The molecule has 1 aromatic carbocycles. The van der Waals surface area contributed by atoms with Crippen LogP contribution in [0.3, 0.4) is 0 Å². The summed E-state index contributed by atoms with van der Waals surface area (Å²) in [6.07, 6.45) is 0. The number of aryl methyl sites for hydroxylation is 1. The maximum Gasteiger partial charge on any atom is 0.0595 e. The number of H-pyrrole nitrogens is 1. The molecule has 1 atom stereocenters. The van der Waals surface area contributed by atoms with E-state index in [1.165, 1.54) is 0 Å². The van der Waals surface area contributed by atoms with Gasteiger partial charge in [-0.2, -0.15) is 0 Å². The Bertz CT molecular complexity index is 567. The Hall–Kier alpha value is -1.36. The zero-order valence-electron chi connectivity index (χ0n) is 10.4. The van der Waals surface area contributed by atoms with Gasteiger partial charge in [0.25, 0.3) is 0 Å². The average molecular weight is 246 g/mol. The molecular weight excluding hydrogens is 228 g/mol. The quantitative estimate of drug-likeness (QED) is 0.768. The standard InChI is InChI=1S/C14H18N2O2/c1-9-12(10-4-2-3-5-11(10)16-9)13(15)14(6-17)7-18-8-14/h2-5,13,16-17H,6-8,15H2,1H3. The van der Waals surface area contributed by atoms with Crippen LogP contribution in [-0.4, -0.2) is 29.9 Å². The predicted octanol–water partition coefficient (Wildman–Crippen LogP) is 1.49. The third-order valence-electron chi connectivity index (χ3n) is 4.01. The Kier molecular flexibility index (Phi) is 2.66. The van der Waals surface area contributed by atoms with Crippen LogP contribution in [0.5, 0.6) is 0 Å². The van der Waals surface area contributed by atoms with Crippen LogP contribution in [0.25, 0.3) is 10.9 Å². The summed E-state index contributed by atoms with van der Waals surface area (Å²) >= 11 is 0. The van der Waals surface area contributed by atoms with Crippen molar-refractivity contribution in [1.29, 1.82) is 0 Å². The monoisotopic (exact) mass is 246 g/mol. The molecule has 2 heterocycles. The van der Waals surface area contributed by atoms with Crippen molar-refractivity contribution in [3.05, 3.63) is 35.5 Å². The second kappa shape index (κ2) is 4.09. The third-order valence-corrected chi connectivity index (χ3v) is 4.01. The van der Waals surface area contributed by atoms with E-state index in [-0.39, 0.29) is 18.1 Å². The first-order valence-corrected chi connectivity index (χ1v) is 6.19. The fourth-order valence-electron chi connectivity index (χ4n) is 2.74. The number of aliphatic hydroxyl groups excluding tert-OH is 1. The maximum atomic E-state index is 9.60. The van der Waals surface area contributed by atoms with E-state index in [0.717, 1.165) is 22.2 Å². The van der Waals surface area contributed by atoms with E-state index in [0.29, 0.717) is 13.2 Å². The molecule has 4 nitrogen and oxygen atoms in total. The number of ether oxygens (including phenoxy) is 1. The van der Waals surface area contributed by atoms with Crippen molar-refractivity contribution in [3.63, 3.8) is 0 Å². The van der Waals surface area contributed by atoms with Gasteiger partial charge in [-0.15, -0.1) is 0 Å². The van der Waals surface area contributed by atoms with Crippen LogP contribution in [0, 0.1) is 12.3 Å². The number of benzene rings is 1. The Morgan fingerprint density at radius 2 is 2.17 bits per heavy atom. The highest BCUT2D eigenvalue weighted by Crippen LogP contribution is 2.42. The molecule has 1 aliphatic heterocycles. The fourth-order valence-corrected chi connectivity index (χ4v) is 2.74. The molecule has 4 N–H and O–H groups in total. The lowest BCUT2D eigenvalue weighted by Gasteiger charge is -2.44. The van der Waals surface area contributed by atoms with Crippen LogP contribution in [0.1, 0.15) is 17.3 Å². The van der Waals surface area contributed by atoms with E-state index in [1.54, 1.807) is 0 Å². The minimum absolute atomic E-state index is 0.0626. The highest BCUT2D eigenvalue weighted by Gasteiger charge is 2.45. The van der Waals surface area contributed by atoms with Crippen LogP contribution in [0.15, 0.2) is 24.3 Å². The first-order chi connectivity index (χ1) is 8.68. The molecule has 1 aliphatic rings. The summed E-state index contributed by atoms with van der Waals surface area (Å²) in [5.74, 6) is 0. The first kappa shape index (κ1) is 11.7. The molecule has 3 rings (SSSR count). The van der Waals surface area contributed by atoms with Gasteiger partial charge in [-0.3, -0.25) is 0 Å². The lowest BCUT2D eigenvalue weighted by Crippen LogP contribution is -2.53. The summed E-state index contributed by atoms with van der Waals surface area (Å²) in [5.41, 5.74) is 9.34. The van der Waals surface area contributed by atoms with Crippen molar-refractivity contribution in [3.8, 4) is 0 Å².